The molecule has 0 spiro atoms. The van der Waals surface area contributed by atoms with Crippen LogP contribution in [0.3, 0.4) is 0 Å². The van der Waals surface area contributed by atoms with Gasteiger partial charge in [0.25, 0.3) is 0 Å². The summed E-state index contributed by atoms with van der Waals surface area (Å²) in [5.41, 5.74) is 5.57. The lowest BCUT2D eigenvalue weighted by Gasteiger charge is -2.25. The van der Waals surface area contributed by atoms with E-state index in [9.17, 15) is 0 Å². The predicted molar refractivity (Wildman–Crippen MR) is 85.2 cm³/mol. The van der Waals surface area contributed by atoms with Crippen LogP contribution in [0.25, 0.3) is 0 Å². The van der Waals surface area contributed by atoms with Crippen LogP contribution in [0.5, 0.6) is 0 Å². The Labute approximate surface area is 122 Å². The Morgan fingerprint density at radius 1 is 0.950 bits per heavy atom. The van der Waals surface area contributed by atoms with Crippen LogP contribution >= 0.6 is 0 Å². The molecule has 1 heterocycles. The standard InChI is InChI=1S/C19H23N/c1-14-6-3-8-16(12-14)19(18-10-5-11-20-18)17-9-4-7-15(2)13-17/h3-4,6-9,12-13,18-20H,5,10-11H2,1-2H3/t18-/m0/s1. The summed E-state index contributed by atoms with van der Waals surface area (Å²) in [6, 6.07) is 18.5. The summed E-state index contributed by atoms with van der Waals surface area (Å²) in [7, 11) is 0. The summed E-state index contributed by atoms with van der Waals surface area (Å²) in [5, 5.41) is 3.69. The van der Waals surface area contributed by atoms with Crippen LogP contribution in [0.15, 0.2) is 48.5 Å². The smallest absolute Gasteiger partial charge is 0.0243 e. The number of rotatable bonds is 3. The van der Waals surface area contributed by atoms with Crippen LogP contribution in [0.4, 0.5) is 0 Å². The van der Waals surface area contributed by atoms with Gasteiger partial charge in [-0.2, -0.15) is 0 Å². The maximum Gasteiger partial charge on any atom is 0.0243 e. The van der Waals surface area contributed by atoms with Crippen LogP contribution in [0.1, 0.15) is 41.0 Å². The summed E-state index contributed by atoms with van der Waals surface area (Å²) in [6.07, 6.45) is 2.56. The van der Waals surface area contributed by atoms with E-state index in [0.717, 1.165) is 6.54 Å². The first-order chi connectivity index (χ1) is 9.74. The minimum absolute atomic E-state index is 0.470. The summed E-state index contributed by atoms with van der Waals surface area (Å²) < 4.78 is 0. The first-order valence-electron chi connectivity index (χ1n) is 7.60. The van der Waals surface area contributed by atoms with Crippen molar-refractivity contribution in [1.29, 1.82) is 0 Å². The topological polar surface area (TPSA) is 12.0 Å². The normalized spacial score (nSPS) is 18.6. The molecule has 3 rings (SSSR count). The SMILES string of the molecule is Cc1cccc(C(c2cccc(C)c2)[C@@H]2CCCN2)c1. The number of benzene rings is 2. The second kappa shape index (κ2) is 5.80. The van der Waals surface area contributed by atoms with Gasteiger partial charge in [0.2, 0.25) is 0 Å². The molecule has 104 valence electrons. The highest BCUT2D eigenvalue weighted by atomic mass is 14.9. The molecule has 0 radical (unpaired) electrons. The molecule has 0 aliphatic carbocycles. The third kappa shape index (κ3) is 2.78. The molecule has 1 fully saturated rings. The third-order valence-corrected chi connectivity index (χ3v) is 4.30. The highest BCUT2D eigenvalue weighted by Gasteiger charge is 2.27. The zero-order valence-electron chi connectivity index (χ0n) is 12.4. The summed E-state index contributed by atoms with van der Waals surface area (Å²) in [4.78, 5) is 0. The summed E-state index contributed by atoms with van der Waals surface area (Å²) in [5.74, 6) is 0.470. The molecular formula is C19H23N. The molecule has 1 saturated heterocycles. The fourth-order valence-corrected chi connectivity index (χ4v) is 3.38. The molecule has 2 aromatic rings. The molecule has 0 bridgehead atoms. The summed E-state index contributed by atoms with van der Waals surface area (Å²) >= 11 is 0. The Morgan fingerprint density at radius 2 is 1.55 bits per heavy atom. The van der Waals surface area contributed by atoms with Crippen molar-refractivity contribution in [3.8, 4) is 0 Å². The zero-order chi connectivity index (χ0) is 13.9. The van der Waals surface area contributed by atoms with E-state index in [0.29, 0.717) is 12.0 Å². The maximum atomic E-state index is 3.69. The Morgan fingerprint density at radius 3 is 2.00 bits per heavy atom. The Balaban J connectivity index is 2.03. The predicted octanol–water partition coefficient (Wildman–Crippen LogP) is 4.19. The number of aryl methyl sites for hydroxylation is 2. The largest absolute Gasteiger partial charge is 0.313 e. The van der Waals surface area contributed by atoms with Gasteiger partial charge in [0, 0.05) is 12.0 Å². The van der Waals surface area contributed by atoms with Gasteiger partial charge >= 0.3 is 0 Å². The first-order valence-corrected chi connectivity index (χ1v) is 7.60. The highest BCUT2D eigenvalue weighted by Crippen LogP contribution is 2.32. The van der Waals surface area contributed by atoms with E-state index < -0.39 is 0 Å². The van der Waals surface area contributed by atoms with Crippen molar-refractivity contribution in [2.75, 3.05) is 6.54 Å². The lowest BCUT2D eigenvalue weighted by molar-refractivity contribution is 0.540. The monoisotopic (exact) mass is 265 g/mol. The first kappa shape index (κ1) is 13.4. The molecule has 2 aromatic carbocycles. The molecule has 20 heavy (non-hydrogen) atoms. The molecule has 0 unspecified atom stereocenters. The van der Waals surface area contributed by atoms with Gasteiger partial charge in [-0.1, -0.05) is 59.7 Å². The van der Waals surface area contributed by atoms with Crippen molar-refractivity contribution in [3.05, 3.63) is 70.8 Å². The second-order valence-corrected chi connectivity index (χ2v) is 6.01. The molecule has 1 aliphatic rings. The van der Waals surface area contributed by atoms with E-state index >= 15 is 0 Å². The average Bonchev–Trinajstić information content (AvgIpc) is 2.93. The fourth-order valence-electron chi connectivity index (χ4n) is 3.38. The molecule has 1 atom stereocenters. The van der Waals surface area contributed by atoms with Gasteiger partial charge in [-0.3, -0.25) is 0 Å². The van der Waals surface area contributed by atoms with Gasteiger partial charge < -0.3 is 5.32 Å². The quantitative estimate of drug-likeness (QED) is 0.877. The van der Waals surface area contributed by atoms with Crippen molar-refractivity contribution in [2.45, 2.75) is 38.6 Å². The van der Waals surface area contributed by atoms with Gasteiger partial charge in [0.1, 0.15) is 0 Å². The molecule has 1 N–H and O–H groups in total. The van der Waals surface area contributed by atoms with E-state index in [2.05, 4.69) is 67.7 Å². The van der Waals surface area contributed by atoms with Crippen LogP contribution in [-0.2, 0) is 0 Å². The van der Waals surface area contributed by atoms with E-state index in [1.54, 1.807) is 0 Å². The molecule has 0 aromatic heterocycles. The summed E-state index contributed by atoms with van der Waals surface area (Å²) in [6.45, 7) is 5.51. The minimum atomic E-state index is 0.470. The molecule has 1 heteroatoms. The van der Waals surface area contributed by atoms with E-state index in [1.807, 2.05) is 0 Å². The molecule has 0 amide bonds. The van der Waals surface area contributed by atoms with Gasteiger partial charge in [0.15, 0.2) is 0 Å². The van der Waals surface area contributed by atoms with Crippen LogP contribution in [0, 0.1) is 13.8 Å². The van der Waals surface area contributed by atoms with Gasteiger partial charge in [-0.25, -0.2) is 0 Å². The Hall–Kier alpha value is -1.60. The van der Waals surface area contributed by atoms with Crippen molar-refractivity contribution < 1.29 is 0 Å². The van der Waals surface area contributed by atoms with Gasteiger partial charge in [-0.05, 0) is 44.4 Å². The Kier molecular flexibility index (Phi) is 3.88. The van der Waals surface area contributed by atoms with E-state index in [1.165, 1.54) is 35.1 Å². The zero-order valence-corrected chi connectivity index (χ0v) is 12.4. The second-order valence-electron chi connectivity index (χ2n) is 6.01. The molecular weight excluding hydrogens is 242 g/mol. The highest BCUT2D eigenvalue weighted by molar-refractivity contribution is 5.38. The van der Waals surface area contributed by atoms with Crippen molar-refractivity contribution in [2.24, 2.45) is 0 Å². The van der Waals surface area contributed by atoms with Gasteiger partial charge in [0.05, 0.1) is 0 Å². The van der Waals surface area contributed by atoms with E-state index in [-0.39, 0.29) is 0 Å². The van der Waals surface area contributed by atoms with Crippen LogP contribution < -0.4 is 5.32 Å². The lowest BCUT2D eigenvalue weighted by atomic mass is 9.83. The lowest BCUT2D eigenvalue weighted by Crippen LogP contribution is -2.29. The minimum Gasteiger partial charge on any atom is -0.313 e. The number of hydrogen-bond acceptors (Lipinski definition) is 1. The molecule has 1 nitrogen and oxygen atoms in total. The average molecular weight is 265 g/mol. The molecule has 0 saturated carbocycles. The fraction of sp³-hybridized carbons (Fsp3) is 0.368. The van der Waals surface area contributed by atoms with Crippen molar-refractivity contribution in [3.63, 3.8) is 0 Å². The number of nitrogens with one attached hydrogen (secondary N) is 1. The molecule has 1 aliphatic heterocycles. The van der Waals surface area contributed by atoms with E-state index in [4.69, 9.17) is 0 Å². The van der Waals surface area contributed by atoms with Crippen molar-refractivity contribution >= 4 is 0 Å². The third-order valence-electron chi connectivity index (χ3n) is 4.30. The van der Waals surface area contributed by atoms with Gasteiger partial charge in [-0.15, -0.1) is 0 Å². The van der Waals surface area contributed by atoms with Crippen molar-refractivity contribution in [1.82, 2.24) is 5.32 Å². The number of hydrogen-bond donors (Lipinski definition) is 1. The maximum absolute atomic E-state index is 3.69. The Bertz CT molecular complexity index is 536. The van der Waals surface area contributed by atoms with Crippen LogP contribution in [0.2, 0.25) is 0 Å². The van der Waals surface area contributed by atoms with Crippen LogP contribution in [-0.4, -0.2) is 12.6 Å².